The number of rotatable bonds is 6. The summed E-state index contributed by atoms with van der Waals surface area (Å²) in [7, 11) is 0. The highest BCUT2D eigenvalue weighted by Gasteiger charge is 2.42. The second-order valence-electron chi connectivity index (χ2n) is 6.87. The van der Waals surface area contributed by atoms with E-state index in [4.69, 9.17) is 4.74 Å². The van der Waals surface area contributed by atoms with Gasteiger partial charge in [-0.25, -0.2) is 4.98 Å². The molecule has 0 spiro atoms. The average molecular weight is 370 g/mol. The van der Waals surface area contributed by atoms with Crippen molar-refractivity contribution in [3.05, 3.63) is 54.1 Å². The highest BCUT2D eigenvalue weighted by Crippen LogP contribution is 2.32. The van der Waals surface area contributed by atoms with Gasteiger partial charge >= 0.3 is 0 Å². The summed E-state index contributed by atoms with van der Waals surface area (Å²) >= 11 is 0. The van der Waals surface area contributed by atoms with Gasteiger partial charge in [-0.05, 0) is 26.3 Å². The van der Waals surface area contributed by atoms with Gasteiger partial charge in [0, 0.05) is 18.8 Å². The first kappa shape index (κ1) is 19.1. The van der Waals surface area contributed by atoms with Crippen LogP contribution in [0.15, 0.2) is 42.9 Å². The number of hydrogen-bond donors (Lipinski definition) is 1. The van der Waals surface area contributed by atoms with Crippen molar-refractivity contribution in [1.29, 1.82) is 0 Å². The lowest BCUT2D eigenvalue weighted by molar-refractivity contribution is -0.167. The number of amides is 2. The number of benzene rings is 1. The number of nitrogens with one attached hydrogen (secondary N) is 1. The summed E-state index contributed by atoms with van der Waals surface area (Å²) in [4.78, 5) is 31.3. The van der Waals surface area contributed by atoms with Crippen LogP contribution in [0, 0.1) is 0 Å². The molecule has 1 fully saturated rings. The molecule has 1 N–H and O–H groups in total. The summed E-state index contributed by atoms with van der Waals surface area (Å²) in [5, 5.41) is 2.94. The molecule has 2 heterocycles. The van der Waals surface area contributed by atoms with Crippen molar-refractivity contribution in [2.75, 3.05) is 6.61 Å². The molecule has 144 valence electrons. The number of imidazole rings is 1. The van der Waals surface area contributed by atoms with Crippen LogP contribution in [0.1, 0.15) is 38.1 Å². The molecule has 7 heteroatoms. The number of aryl methyl sites for hydroxylation is 1. The fraction of sp³-hybridized carbons (Fsp3) is 0.450. The van der Waals surface area contributed by atoms with E-state index in [2.05, 4.69) is 10.3 Å². The maximum absolute atomic E-state index is 12.9. The topological polar surface area (TPSA) is 76.5 Å². The van der Waals surface area contributed by atoms with E-state index in [0.717, 1.165) is 17.8 Å². The monoisotopic (exact) mass is 370 g/mol. The third-order valence-corrected chi connectivity index (χ3v) is 4.80. The molecular weight excluding hydrogens is 344 g/mol. The van der Waals surface area contributed by atoms with Crippen molar-refractivity contribution in [3.63, 3.8) is 0 Å². The Labute approximate surface area is 159 Å². The van der Waals surface area contributed by atoms with E-state index in [-0.39, 0.29) is 24.5 Å². The van der Waals surface area contributed by atoms with Gasteiger partial charge < -0.3 is 19.5 Å². The summed E-state index contributed by atoms with van der Waals surface area (Å²) in [6, 6.07) is 9.08. The summed E-state index contributed by atoms with van der Waals surface area (Å²) in [5.41, 5.74) is 1.81. The summed E-state index contributed by atoms with van der Waals surface area (Å²) in [6.45, 7) is 6.99. The van der Waals surface area contributed by atoms with Gasteiger partial charge in [-0.15, -0.1) is 0 Å². The van der Waals surface area contributed by atoms with Crippen molar-refractivity contribution in [2.24, 2.45) is 0 Å². The third-order valence-electron chi connectivity index (χ3n) is 4.80. The predicted molar refractivity (Wildman–Crippen MR) is 101 cm³/mol. The Morgan fingerprint density at radius 1 is 1.33 bits per heavy atom. The Kier molecular flexibility index (Phi) is 5.91. The Balaban J connectivity index is 1.82. The van der Waals surface area contributed by atoms with Crippen LogP contribution >= 0.6 is 0 Å². The standard InChI is InChI=1S/C20H26N4O3/c1-4-23-13-21-10-16(23)11-22-20(26)19-18(15-8-6-5-7-9-15)24(14(2)3)17(25)12-27-19/h5-10,13-14,18-19H,4,11-12H2,1-3H3,(H,22,26)/t18-,19+/m1/s1. The van der Waals surface area contributed by atoms with Crippen molar-refractivity contribution < 1.29 is 14.3 Å². The summed E-state index contributed by atoms with van der Waals surface area (Å²) in [6.07, 6.45) is 2.72. The molecule has 1 saturated heterocycles. The second kappa shape index (κ2) is 8.35. The Morgan fingerprint density at radius 3 is 2.74 bits per heavy atom. The zero-order valence-corrected chi connectivity index (χ0v) is 16.0. The van der Waals surface area contributed by atoms with Crippen molar-refractivity contribution >= 4 is 11.8 Å². The first-order valence-electron chi connectivity index (χ1n) is 9.27. The van der Waals surface area contributed by atoms with E-state index in [1.807, 2.05) is 55.7 Å². The lowest BCUT2D eigenvalue weighted by atomic mass is 9.96. The molecule has 0 bridgehead atoms. The van der Waals surface area contributed by atoms with Gasteiger partial charge in [-0.3, -0.25) is 9.59 Å². The van der Waals surface area contributed by atoms with E-state index in [0.29, 0.717) is 6.54 Å². The Bertz CT molecular complexity index is 788. The molecule has 2 atom stereocenters. The van der Waals surface area contributed by atoms with Crippen LogP contribution in [-0.2, 0) is 27.4 Å². The van der Waals surface area contributed by atoms with Gasteiger partial charge in [0.1, 0.15) is 6.61 Å². The summed E-state index contributed by atoms with van der Waals surface area (Å²) in [5.74, 6) is -0.335. The first-order valence-corrected chi connectivity index (χ1v) is 9.27. The molecule has 2 aromatic rings. The van der Waals surface area contributed by atoms with E-state index in [1.165, 1.54) is 0 Å². The van der Waals surface area contributed by atoms with Crippen molar-refractivity contribution in [3.8, 4) is 0 Å². The van der Waals surface area contributed by atoms with Crippen LogP contribution in [0.2, 0.25) is 0 Å². The van der Waals surface area contributed by atoms with Crippen molar-refractivity contribution in [1.82, 2.24) is 19.8 Å². The molecule has 7 nitrogen and oxygen atoms in total. The van der Waals surface area contributed by atoms with Gasteiger partial charge in [0.2, 0.25) is 5.91 Å². The summed E-state index contributed by atoms with van der Waals surface area (Å²) < 4.78 is 7.67. The smallest absolute Gasteiger partial charge is 0.252 e. The molecule has 2 amide bonds. The Hall–Kier alpha value is -2.67. The van der Waals surface area contributed by atoms with Gasteiger partial charge in [-0.2, -0.15) is 0 Å². The lowest BCUT2D eigenvalue weighted by Gasteiger charge is -2.42. The number of morpholine rings is 1. The molecule has 0 saturated carbocycles. The van der Waals surface area contributed by atoms with Crippen molar-refractivity contribution in [2.45, 2.75) is 52.0 Å². The molecule has 1 aliphatic heterocycles. The number of nitrogens with zero attached hydrogens (tertiary/aromatic N) is 3. The fourth-order valence-corrected chi connectivity index (χ4v) is 3.50. The van der Waals surface area contributed by atoms with Crippen LogP contribution in [0.25, 0.3) is 0 Å². The molecule has 0 aliphatic carbocycles. The Morgan fingerprint density at radius 2 is 2.07 bits per heavy atom. The molecule has 27 heavy (non-hydrogen) atoms. The number of aromatic nitrogens is 2. The van der Waals surface area contributed by atoms with E-state index in [9.17, 15) is 9.59 Å². The van der Waals surface area contributed by atoms with Crippen LogP contribution in [-0.4, -0.2) is 45.0 Å². The molecule has 0 unspecified atom stereocenters. The maximum Gasteiger partial charge on any atom is 0.252 e. The molecular formula is C20H26N4O3. The van der Waals surface area contributed by atoms with Crippen LogP contribution < -0.4 is 5.32 Å². The number of carbonyl (C=O) groups excluding carboxylic acids is 2. The average Bonchev–Trinajstić information content (AvgIpc) is 3.13. The lowest BCUT2D eigenvalue weighted by Crippen LogP contribution is -2.56. The van der Waals surface area contributed by atoms with Gasteiger partial charge in [-0.1, -0.05) is 30.3 Å². The number of ether oxygens (including phenoxy) is 1. The van der Waals surface area contributed by atoms with E-state index in [1.54, 1.807) is 17.4 Å². The minimum Gasteiger partial charge on any atom is -0.356 e. The van der Waals surface area contributed by atoms with Gasteiger partial charge in [0.05, 0.1) is 24.6 Å². The van der Waals surface area contributed by atoms with Gasteiger partial charge in [0.25, 0.3) is 5.91 Å². The quantitative estimate of drug-likeness (QED) is 0.843. The zero-order chi connectivity index (χ0) is 19.4. The van der Waals surface area contributed by atoms with E-state index >= 15 is 0 Å². The van der Waals surface area contributed by atoms with Crippen LogP contribution in [0.3, 0.4) is 0 Å². The molecule has 3 rings (SSSR count). The van der Waals surface area contributed by atoms with E-state index < -0.39 is 12.1 Å². The SMILES string of the molecule is CCn1cncc1CNC(=O)[C@H]1OCC(=O)N(C(C)C)[C@@H]1c1ccccc1. The highest BCUT2D eigenvalue weighted by atomic mass is 16.5. The fourth-order valence-electron chi connectivity index (χ4n) is 3.50. The highest BCUT2D eigenvalue weighted by molar-refractivity contribution is 5.86. The van der Waals surface area contributed by atoms with Gasteiger partial charge in [0.15, 0.2) is 6.10 Å². The third kappa shape index (κ3) is 4.03. The molecule has 1 aliphatic rings. The van der Waals surface area contributed by atoms with Crippen LogP contribution in [0.5, 0.6) is 0 Å². The minimum absolute atomic E-state index is 0.0385. The number of carbonyl (C=O) groups is 2. The number of hydrogen-bond acceptors (Lipinski definition) is 4. The molecule has 0 radical (unpaired) electrons. The van der Waals surface area contributed by atoms with Crippen LogP contribution in [0.4, 0.5) is 0 Å². The second-order valence-corrected chi connectivity index (χ2v) is 6.87. The zero-order valence-electron chi connectivity index (χ0n) is 16.0. The first-order chi connectivity index (χ1) is 13.0. The maximum atomic E-state index is 12.9. The molecule has 1 aromatic heterocycles. The largest absolute Gasteiger partial charge is 0.356 e. The minimum atomic E-state index is -0.759. The normalized spacial score (nSPS) is 20.1. The predicted octanol–water partition coefficient (Wildman–Crippen LogP) is 1.90. The molecule has 1 aromatic carbocycles.